The van der Waals surface area contributed by atoms with Gasteiger partial charge in [-0.3, -0.25) is 14.4 Å². The van der Waals surface area contributed by atoms with Gasteiger partial charge in [0.15, 0.2) is 5.06 Å². The first kappa shape index (κ1) is 14.3. The molecule has 0 bridgehead atoms. The maximum absolute atomic E-state index is 12.1. The SMILES string of the molecule is O=C(O)CNC(=O)c1c(O)sc2cc(Cl)ccc2c1=O. The Labute approximate surface area is 121 Å². The molecule has 0 unspecified atom stereocenters. The lowest BCUT2D eigenvalue weighted by atomic mass is 10.2. The normalized spacial score (nSPS) is 10.4. The zero-order valence-electron chi connectivity index (χ0n) is 9.84. The van der Waals surface area contributed by atoms with E-state index in [-0.39, 0.29) is 5.39 Å². The Kier molecular flexibility index (Phi) is 3.91. The van der Waals surface area contributed by atoms with E-state index < -0.39 is 34.5 Å². The number of carbonyl (C=O) groups is 2. The highest BCUT2D eigenvalue weighted by atomic mass is 35.5. The molecule has 0 spiro atoms. The summed E-state index contributed by atoms with van der Waals surface area (Å²) in [6.45, 7) is -0.638. The summed E-state index contributed by atoms with van der Waals surface area (Å²) in [5, 5.41) is 20.5. The molecule has 1 heterocycles. The molecule has 8 heteroatoms. The Morgan fingerprint density at radius 1 is 1.35 bits per heavy atom. The average molecular weight is 314 g/mol. The van der Waals surface area contributed by atoms with E-state index in [0.717, 1.165) is 11.3 Å². The Morgan fingerprint density at radius 3 is 2.70 bits per heavy atom. The molecule has 2 rings (SSSR count). The van der Waals surface area contributed by atoms with E-state index in [9.17, 15) is 19.5 Å². The number of rotatable bonds is 3. The van der Waals surface area contributed by atoms with Crippen LogP contribution in [0.2, 0.25) is 5.02 Å². The molecule has 6 nitrogen and oxygen atoms in total. The fraction of sp³-hybridized carbons (Fsp3) is 0.0833. The van der Waals surface area contributed by atoms with Crippen LogP contribution < -0.4 is 10.7 Å². The molecule has 0 aliphatic carbocycles. The zero-order valence-corrected chi connectivity index (χ0v) is 11.4. The van der Waals surface area contributed by atoms with Crippen molar-refractivity contribution in [1.82, 2.24) is 5.32 Å². The van der Waals surface area contributed by atoms with E-state index in [2.05, 4.69) is 0 Å². The predicted molar refractivity (Wildman–Crippen MR) is 74.7 cm³/mol. The number of benzene rings is 1. The quantitative estimate of drug-likeness (QED) is 0.795. The van der Waals surface area contributed by atoms with Crippen LogP contribution in [0.3, 0.4) is 0 Å². The number of fused-ring (bicyclic) bond motifs is 1. The maximum Gasteiger partial charge on any atom is 0.322 e. The van der Waals surface area contributed by atoms with Crippen molar-refractivity contribution in [2.45, 2.75) is 0 Å². The molecular weight excluding hydrogens is 306 g/mol. The standard InChI is InChI=1S/C12H8ClNO5S/c13-5-1-2-6-7(3-5)20-12(19)9(10(6)17)11(18)14-4-8(15)16/h1-3,19H,4H2,(H,14,18)(H,15,16). The third-order valence-corrected chi connectivity index (χ3v) is 3.65. The fourth-order valence-electron chi connectivity index (χ4n) is 1.60. The second-order valence-corrected chi connectivity index (χ2v) is 5.30. The molecule has 1 amide bonds. The third-order valence-electron chi connectivity index (χ3n) is 2.46. The maximum atomic E-state index is 12.1. The van der Waals surface area contributed by atoms with Gasteiger partial charge >= 0.3 is 5.97 Å². The molecule has 0 aliphatic rings. The van der Waals surface area contributed by atoms with Crippen molar-refractivity contribution < 1.29 is 19.8 Å². The Bertz CT molecular complexity index is 770. The number of carboxylic acids is 1. The van der Waals surface area contributed by atoms with Crippen LogP contribution in [0.1, 0.15) is 10.4 Å². The molecule has 20 heavy (non-hydrogen) atoms. The van der Waals surface area contributed by atoms with Crippen molar-refractivity contribution in [3.63, 3.8) is 0 Å². The molecule has 0 radical (unpaired) electrons. The number of carbonyl (C=O) groups excluding carboxylic acids is 1. The Balaban J connectivity index is 2.54. The highest BCUT2D eigenvalue weighted by Crippen LogP contribution is 2.29. The van der Waals surface area contributed by atoms with Crippen LogP contribution in [0.5, 0.6) is 5.06 Å². The average Bonchev–Trinajstić information content (AvgIpc) is 2.35. The summed E-state index contributed by atoms with van der Waals surface area (Å²) in [5.41, 5.74) is -1.14. The minimum Gasteiger partial charge on any atom is -0.499 e. The van der Waals surface area contributed by atoms with Crippen LogP contribution in [0.25, 0.3) is 10.1 Å². The van der Waals surface area contributed by atoms with Crippen LogP contribution >= 0.6 is 22.9 Å². The van der Waals surface area contributed by atoms with Crippen molar-refractivity contribution >= 4 is 44.9 Å². The third kappa shape index (κ3) is 2.73. The van der Waals surface area contributed by atoms with E-state index in [1.807, 2.05) is 5.32 Å². The zero-order chi connectivity index (χ0) is 14.9. The van der Waals surface area contributed by atoms with Crippen LogP contribution in [0.15, 0.2) is 23.0 Å². The topological polar surface area (TPSA) is 104 Å². The smallest absolute Gasteiger partial charge is 0.322 e. The largest absolute Gasteiger partial charge is 0.499 e. The van der Waals surface area contributed by atoms with Gasteiger partial charge in [-0.1, -0.05) is 22.9 Å². The number of nitrogens with one attached hydrogen (secondary N) is 1. The minimum absolute atomic E-state index is 0.234. The molecule has 0 atom stereocenters. The minimum atomic E-state index is -1.25. The van der Waals surface area contributed by atoms with Crippen molar-refractivity contribution in [3.8, 4) is 5.06 Å². The number of halogens is 1. The summed E-state index contributed by atoms with van der Waals surface area (Å²) in [6.07, 6.45) is 0. The molecule has 1 aromatic carbocycles. The van der Waals surface area contributed by atoms with E-state index >= 15 is 0 Å². The summed E-state index contributed by atoms with van der Waals surface area (Å²) >= 11 is 6.61. The lowest BCUT2D eigenvalue weighted by molar-refractivity contribution is -0.135. The first-order valence-corrected chi connectivity index (χ1v) is 6.55. The summed E-state index contributed by atoms with van der Waals surface area (Å²) in [6, 6.07) is 4.44. The highest BCUT2D eigenvalue weighted by Gasteiger charge is 2.19. The summed E-state index contributed by atoms with van der Waals surface area (Å²) < 4.78 is 0.440. The number of aromatic hydroxyl groups is 1. The molecule has 0 saturated carbocycles. The molecule has 2 aromatic rings. The monoisotopic (exact) mass is 313 g/mol. The first-order chi connectivity index (χ1) is 9.40. The fourth-order valence-corrected chi connectivity index (χ4v) is 2.79. The number of amides is 1. The van der Waals surface area contributed by atoms with Gasteiger partial charge in [-0.05, 0) is 18.2 Å². The Hall–Kier alpha value is -2.12. The molecule has 1 aromatic heterocycles. The molecular formula is C12H8ClNO5S. The van der Waals surface area contributed by atoms with Crippen LogP contribution in [0, 0.1) is 0 Å². The lowest BCUT2D eigenvalue weighted by Gasteiger charge is -2.05. The molecule has 0 fully saturated rings. The molecule has 0 saturated heterocycles. The number of carboxylic acid groups (broad SMARTS) is 1. The summed E-state index contributed by atoms with van der Waals surface area (Å²) in [5.74, 6) is -2.18. The van der Waals surface area contributed by atoms with Gasteiger partial charge in [-0.15, -0.1) is 0 Å². The van der Waals surface area contributed by atoms with E-state index in [1.54, 1.807) is 0 Å². The van der Waals surface area contributed by atoms with Crippen molar-refractivity contribution in [1.29, 1.82) is 0 Å². The second-order valence-electron chi connectivity index (χ2n) is 3.83. The van der Waals surface area contributed by atoms with Crippen LogP contribution in [-0.4, -0.2) is 28.6 Å². The van der Waals surface area contributed by atoms with E-state index in [4.69, 9.17) is 16.7 Å². The predicted octanol–water partition coefficient (Wildman–Crippen LogP) is 1.43. The van der Waals surface area contributed by atoms with Gasteiger partial charge in [0.1, 0.15) is 12.1 Å². The van der Waals surface area contributed by atoms with Gasteiger partial charge in [0, 0.05) is 15.1 Å². The van der Waals surface area contributed by atoms with Crippen molar-refractivity contribution in [2.24, 2.45) is 0 Å². The van der Waals surface area contributed by atoms with Crippen LogP contribution in [0.4, 0.5) is 0 Å². The Morgan fingerprint density at radius 2 is 2.05 bits per heavy atom. The number of hydrogen-bond donors (Lipinski definition) is 3. The van der Waals surface area contributed by atoms with E-state index in [1.165, 1.54) is 18.2 Å². The second kappa shape index (κ2) is 5.48. The number of hydrogen-bond acceptors (Lipinski definition) is 5. The highest BCUT2D eigenvalue weighted by molar-refractivity contribution is 7.20. The van der Waals surface area contributed by atoms with Crippen molar-refractivity contribution in [3.05, 3.63) is 39.0 Å². The van der Waals surface area contributed by atoms with Gasteiger partial charge in [-0.2, -0.15) is 0 Å². The van der Waals surface area contributed by atoms with Crippen molar-refractivity contribution in [2.75, 3.05) is 6.54 Å². The van der Waals surface area contributed by atoms with Gasteiger partial charge in [0.25, 0.3) is 5.91 Å². The molecule has 0 aliphatic heterocycles. The molecule has 3 N–H and O–H groups in total. The lowest BCUT2D eigenvalue weighted by Crippen LogP contribution is -2.32. The van der Waals surface area contributed by atoms with Gasteiger partial charge in [-0.25, -0.2) is 0 Å². The van der Waals surface area contributed by atoms with E-state index in [0.29, 0.717) is 9.72 Å². The number of aliphatic carboxylic acids is 1. The van der Waals surface area contributed by atoms with Gasteiger partial charge in [0.05, 0.1) is 0 Å². The van der Waals surface area contributed by atoms with Crippen LogP contribution in [-0.2, 0) is 4.79 Å². The molecule has 104 valence electrons. The van der Waals surface area contributed by atoms with Gasteiger partial charge in [0.2, 0.25) is 5.43 Å². The summed E-state index contributed by atoms with van der Waals surface area (Å²) in [7, 11) is 0. The summed E-state index contributed by atoms with van der Waals surface area (Å²) in [4.78, 5) is 34.3. The first-order valence-electron chi connectivity index (χ1n) is 5.35. The van der Waals surface area contributed by atoms with Gasteiger partial charge < -0.3 is 15.5 Å².